The van der Waals surface area contributed by atoms with Crippen LogP contribution >= 0.6 is 0 Å². The number of carboxylic acids is 2. The Labute approximate surface area is 103 Å². The van der Waals surface area contributed by atoms with Gasteiger partial charge in [-0.15, -0.1) is 0 Å². The third kappa shape index (κ3) is 1.44. The zero-order valence-corrected chi connectivity index (χ0v) is 9.54. The Morgan fingerprint density at radius 1 is 0.944 bits per heavy atom. The van der Waals surface area contributed by atoms with Crippen molar-refractivity contribution in [2.24, 2.45) is 11.8 Å². The first-order valence-electron chi connectivity index (χ1n) is 5.65. The molecule has 0 spiro atoms. The van der Waals surface area contributed by atoms with Gasteiger partial charge in [0.2, 0.25) is 0 Å². The lowest BCUT2D eigenvalue weighted by molar-refractivity contribution is -0.143. The van der Waals surface area contributed by atoms with Gasteiger partial charge in [0.05, 0.1) is 11.8 Å². The van der Waals surface area contributed by atoms with E-state index in [1.165, 1.54) is 0 Å². The molecule has 1 fully saturated rings. The molecule has 1 aromatic rings. The molecule has 4 N–H and O–H groups in total. The number of hydrogen-bond acceptors (Lipinski definition) is 2. The number of fused-ring (bicyclic) bond motifs is 4. The molecular weight excluding hydrogens is 236 g/mol. The van der Waals surface area contributed by atoms with Crippen molar-refractivity contribution in [2.45, 2.75) is 18.3 Å². The highest BCUT2D eigenvalue weighted by Crippen LogP contribution is 2.61. The van der Waals surface area contributed by atoms with E-state index >= 15 is 0 Å². The van der Waals surface area contributed by atoms with Crippen LogP contribution in [0.15, 0.2) is 24.3 Å². The molecule has 0 radical (unpaired) electrons. The first kappa shape index (κ1) is 12.6. The van der Waals surface area contributed by atoms with Crippen molar-refractivity contribution in [1.82, 2.24) is 0 Å². The monoisotopic (exact) mass is 250 g/mol. The van der Waals surface area contributed by atoms with E-state index < -0.39 is 23.8 Å². The maximum atomic E-state index is 11.2. The fourth-order valence-corrected chi connectivity index (χ4v) is 3.42. The van der Waals surface area contributed by atoms with Crippen molar-refractivity contribution in [1.29, 1.82) is 0 Å². The van der Waals surface area contributed by atoms with Gasteiger partial charge in [-0.05, 0) is 17.5 Å². The van der Waals surface area contributed by atoms with Gasteiger partial charge in [0.15, 0.2) is 0 Å². The van der Waals surface area contributed by atoms with Crippen LogP contribution in [0.3, 0.4) is 0 Å². The standard InChI is InChI=1S/C13H12O4.H2O/c14-12(15)8-5-9(13(16)17)11-7-4-2-1-3-6(7)10(8)11;/h1-4,8-11H,5H2,(H,14,15)(H,16,17);1H2. The van der Waals surface area contributed by atoms with Gasteiger partial charge in [0.1, 0.15) is 0 Å². The number of aliphatic carboxylic acids is 2. The van der Waals surface area contributed by atoms with Crippen molar-refractivity contribution in [3.63, 3.8) is 0 Å². The Bertz CT molecular complexity index is 465. The Morgan fingerprint density at radius 2 is 1.33 bits per heavy atom. The first-order valence-corrected chi connectivity index (χ1v) is 5.65. The number of hydrogen-bond donors (Lipinski definition) is 2. The quantitative estimate of drug-likeness (QED) is 0.811. The van der Waals surface area contributed by atoms with Crippen LogP contribution < -0.4 is 0 Å². The average molecular weight is 250 g/mol. The van der Waals surface area contributed by atoms with Gasteiger partial charge < -0.3 is 15.7 Å². The summed E-state index contributed by atoms with van der Waals surface area (Å²) >= 11 is 0. The summed E-state index contributed by atoms with van der Waals surface area (Å²) < 4.78 is 0. The molecule has 2 aliphatic rings. The van der Waals surface area contributed by atoms with Gasteiger partial charge in [-0.25, -0.2) is 0 Å². The SMILES string of the molecule is O.O=C(O)C1CC(C(=O)O)C2c3ccccc3C12. The summed E-state index contributed by atoms with van der Waals surface area (Å²) in [6.45, 7) is 0. The van der Waals surface area contributed by atoms with Crippen molar-refractivity contribution in [3.8, 4) is 0 Å². The second kappa shape index (κ2) is 4.10. The molecular formula is C13H14O5. The largest absolute Gasteiger partial charge is 0.481 e. The number of rotatable bonds is 2. The predicted molar refractivity (Wildman–Crippen MR) is 62.4 cm³/mol. The van der Waals surface area contributed by atoms with E-state index in [9.17, 15) is 9.59 Å². The van der Waals surface area contributed by atoms with Gasteiger partial charge >= 0.3 is 11.9 Å². The third-order valence-corrected chi connectivity index (χ3v) is 4.11. The van der Waals surface area contributed by atoms with Crippen molar-refractivity contribution in [3.05, 3.63) is 35.4 Å². The van der Waals surface area contributed by atoms with Crippen LogP contribution in [0.5, 0.6) is 0 Å². The molecule has 96 valence electrons. The Balaban J connectivity index is 0.00000120. The van der Waals surface area contributed by atoms with E-state index in [0.29, 0.717) is 0 Å². The summed E-state index contributed by atoms with van der Waals surface area (Å²) in [6.07, 6.45) is 0.245. The summed E-state index contributed by atoms with van der Waals surface area (Å²) in [7, 11) is 0. The van der Waals surface area contributed by atoms with Crippen molar-refractivity contribution in [2.75, 3.05) is 0 Å². The normalized spacial score (nSPS) is 31.6. The van der Waals surface area contributed by atoms with E-state index in [1.807, 2.05) is 24.3 Å². The second-order valence-corrected chi connectivity index (χ2v) is 4.81. The molecule has 0 amide bonds. The summed E-state index contributed by atoms with van der Waals surface area (Å²) in [5, 5.41) is 18.3. The van der Waals surface area contributed by atoms with Crippen LogP contribution in [0, 0.1) is 11.8 Å². The minimum atomic E-state index is -0.877. The average Bonchev–Trinajstić information content (AvgIpc) is 2.61. The maximum Gasteiger partial charge on any atom is 0.307 e. The minimum absolute atomic E-state index is 0. The fourth-order valence-electron chi connectivity index (χ4n) is 3.42. The number of carbonyl (C=O) groups is 2. The van der Waals surface area contributed by atoms with E-state index in [1.54, 1.807) is 0 Å². The van der Waals surface area contributed by atoms with Crippen LogP contribution in [0.2, 0.25) is 0 Å². The molecule has 3 rings (SSSR count). The molecule has 4 atom stereocenters. The van der Waals surface area contributed by atoms with Gasteiger partial charge in [-0.2, -0.15) is 0 Å². The Kier molecular flexibility index (Phi) is 2.86. The minimum Gasteiger partial charge on any atom is -0.481 e. The van der Waals surface area contributed by atoms with Crippen LogP contribution in [-0.4, -0.2) is 27.6 Å². The van der Waals surface area contributed by atoms with E-state index in [-0.39, 0.29) is 23.7 Å². The van der Waals surface area contributed by atoms with Gasteiger partial charge in [0.25, 0.3) is 0 Å². The van der Waals surface area contributed by atoms with E-state index in [4.69, 9.17) is 10.2 Å². The second-order valence-electron chi connectivity index (χ2n) is 4.81. The topological polar surface area (TPSA) is 106 Å². The van der Waals surface area contributed by atoms with E-state index in [2.05, 4.69) is 0 Å². The summed E-state index contributed by atoms with van der Waals surface area (Å²) in [6, 6.07) is 7.58. The Hall–Kier alpha value is -1.88. The van der Waals surface area contributed by atoms with Gasteiger partial charge in [-0.1, -0.05) is 24.3 Å². The molecule has 2 aliphatic carbocycles. The van der Waals surface area contributed by atoms with Gasteiger partial charge in [0, 0.05) is 11.8 Å². The molecule has 18 heavy (non-hydrogen) atoms. The van der Waals surface area contributed by atoms with Crippen LogP contribution in [0.4, 0.5) is 0 Å². The van der Waals surface area contributed by atoms with Crippen molar-refractivity contribution < 1.29 is 25.3 Å². The summed E-state index contributed by atoms with van der Waals surface area (Å²) in [4.78, 5) is 22.4. The van der Waals surface area contributed by atoms with Crippen LogP contribution in [0.1, 0.15) is 29.4 Å². The number of benzene rings is 1. The molecule has 5 nitrogen and oxygen atoms in total. The molecule has 1 saturated carbocycles. The third-order valence-electron chi connectivity index (χ3n) is 4.11. The zero-order valence-electron chi connectivity index (χ0n) is 9.54. The highest BCUT2D eigenvalue weighted by atomic mass is 16.4. The lowest BCUT2D eigenvalue weighted by atomic mass is 9.65. The number of carboxylic acid groups (broad SMARTS) is 2. The molecule has 0 heterocycles. The molecule has 0 aliphatic heterocycles. The lowest BCUT2D eigenvalue weighted by Gasteiger charge is -2.37. The summed E-state index contributed by atoms with van der Waals surface area (Å²) in [5.41, 5.74) is 2.04. The first-order chi connectivity index (χ1) is 8.11. The Morgan fingerprint density at radius 3 is 1.67 bits per heavy atom. The molecule has 0 saturated heterocycles. The van der Waals surface area contributed by atoms with E-state index in [0.717, 1.165) is 11.1 Å². The highest BCUT2D eigenvalue weighted by molar-refractivity contribution is 5.80. The molecule has 0 bridgehead atoms. The predicted octanol–water partition coefficient (Wildman–Crippen LogP) is 0.848. The zero-order chi connectivity index (χ0) is 12.2. The molecule has 5 heteroatoms. The van der Waals surface area contributed by atoms with Crippen molar-refractivity contribution >= 4 is 11.9 Å². The van der Waals surface area contributed by atoms with Crippen LogP contribution in [0.25, 0.3) is 0 Å². The smallest absolute Gasteiger partial charge is 0.307 e. The lowest BCUT2D eigenvalue weighted by Crippen LogP contribution is -2.30. The molecule has 4 unspecified atom stereocenters. The molecule has 0 aromatic heterocycles. The summed E-state index contributed by atoms with van der Waals surface area (Å²) in [5.74, 6) is -3.06. The fraction of sp³-hybridized carbons (Fsp3) is 0.385. The maximum absolute atomic E-state index is 11.2. The van der Waals surface area contributed by atoms with Gasteiger partial charge in [-0.3, -0.25) is 9.59 Å². The van der Waals surface area contributed by atoms with Crippen LogP contribution in [-0.2, 0) is 9.59 Å². The molecule has 1 aromatic carbocycles. The highest BCUT2D eigenvalue weighted by Gasteiger charge is 2.56.